The van der Waals surface area contributed by atoms with Crippen LogP contribution in [0, 0.1) is 0 Å². The van der Waals surface area contributed by atoms with Crippen molar-refractivity contribution in [3.8, 4) is 5.75 Å². The van der Waals surface area contributed by atoms with Gasteiger partial charge in [0.15, 0.2) is 12.4 Å². The molecule has 30 heavy (non-hydrogen) atoms. The smallest absolute Gasteiger partial charge is 0.422 e. The summed E-state index contributed by atoms with van der Waals surface area (Å²) >= 11 is 0. The minimum atomic E-state index is -4.60. The molecule has 11 heteroatoms. The summed E-state index contributed by atoms with van der Waals surface area (Å²) in [6.45, 7) is -0.861. The van der Waals surface area contributed by atoms with E-state index < -0.39 is 28.7 Å². The summed E-state index contributed by atoms with van der Waals surface area (Å²) in [5.74, 6) is -1.14. The van der Waals surface area contributed by atoms with Crippen molar-refractivity contribution in [1.82, 2.24) is 4.31 Å². The largest absolute Gasteiger partial charge is 0.482 e. The highest BCUT2D eigenvalue weighted by atomic mass is 32.2. The lowest BCUT2D eigenvalue weighted by molar-refractivity contribution is -0.153. The van der Waals surface area contributed by atoms with Gasteiger partial charge in [0.2, 0.25) is 10.0 Å². The maximum absolute atomic E-state index is 13.0. The maximum Gasteiger partial charge on any atom is 0.422 e. The first kappa shape index (κ1) is 22.2. The summed E-state index contributed by atoms with van der Waals surface area (Å²) < 4.78 is 74.8. The highest BCUT2D eigenvalue weighted by molar-refractivity contribution is 7.89. The number of hydrogen-bond acceptors (Lipinski definition) is 5. The van der Waals surface area contributed by atoms with Gasteiger partial charge in [-0.3, -0.25) is 4.79 Å². The molecule has 0 aliphatic carbocycles. The molecule has 1 aromatic heterocycles. The third kappa shape index (κ3) is 5.54. The van der Waals surface area contributed by atoms with Crippen molar-refractivity contribution in [2.75, 3.05) is 25.0 Å². The van der Waals surface area contributed by atoms with Gasteiger partial charge in [0, 0.05) is 13.1 Å². The Morgan fingerprint density at radius 3 is 2.43 bits per heavy atom. The van der Waals surface area contributed by atoms with Crippen molar-refractivity contribution in [1.29, 1.82) is 0 Å². The van der Waals surface area contributed by atoms with Crippen molar-refractivity contribution in [2.45, 2.75) is 36.8 Å². The van der Waals surface area contributed by atoms with Gasteiger partial charge in [0.25, 0.3) is 5.91 Å². The van der Waals surface area contributed by atoms with Crippen LogP contribution in [0.5, 0.6) is 5.75 Å². The van der Waals surface area contributed by atoms with Crippen LogP contribution >= 0.6 is 0 Å². The summed E-state index contributed by atoms with van der Waals surface area (Å²) in [7, 11) is -3.88. The van der Waals surface area contributed by atoms with E-state index in [9.17, 15) is 26.4 Å². The number of rotatable bonds is 6. The number of nitrogens with zero attached hydrogens (tertiary/aromatic N) is 1. The van der Waals surface area contributed by atoms with Gasteiger partial charge in [-0.05, 0) is 43.2 Å². The molecule has 0 unspecified atom stereocenters. The van der Waals surface area contributed by atoms with Crippen LogP contribution in [0.3, 0.4) is 0 Å². The molecule has 164 valence electrons. The molecule has 1 N–H and O–H groups in total. The molecular formula is C19H21F3N2O5S. The Labute approximate surface area is 171 Å². The summed E-state index contributed by atoms with van der Waals surface area (Å²) in [5, 5.41) is 2.37. The number of hydrogen-bond donors (Lipinski definition) is 1. The molecule has 0 atom stereocenters. The van der Waals surface area contributed by atoms with Crippen LogP contribution in [0.2, 0.25) is 0 Å². The van der Waals surface area contributed by atoms with E-state index in [2.05, 4.69) is 5.32 Å². The van der Waals surface area contributed by atoms with Crippen molar-refractivity contribution in [3.63, 3.8) is 0 Å². The number of nitrogens with one attached hydrogen (secondary N) is 1. The number of sulfonamides is 1. The van der Waals surface area contributed by atoms with Gasteiger partial charge in [-0.1, -0.05) is 12.8 Å². The Bertz CT molecular complexity index is 967. The molecule has 0 saturated carbocycles. The van der Waals surface area contributed by atoms with E-state index in [0.717, 1.165) is 37.8 Å². The monoisotopic (exact) mass is 446 g/mol. The molecule has 0 radical (unpaired) electrons. The molecule has 1 aliphatic heterocycles. The van der Waals surface area contributed by atoms with Crippen molar-refractivity contribution >= 4 is 21.6 Å². The average Bonchev–Trinajstić information content (AvgIpc) is 3.08. The number of halogens is 3. The minimum Gasteiger partial charge on any atom is -0.482 e. The third-order valence-corrected chi connectivity index (χ3v) is 6.43. The first-order chi connectivity index (χ1) is 14.2. The van der Waals surface area contributed by atoms with Gasteiger partial charge in [-0.2, -0.15) is 17.5 Å². The number of benzene rings is 1. The van der Waals surface area contributed by atoms with E-state index in [0.29, 0.717) is 13.1 Å². The molecule has 7 nitrogen and oxygen atoms in total. The van der Waals surface area contributed by atoms with E-state index >= 15 is 0 Å². The Kier molecular flexibility index (Phi) is 6.71. The van der Waals surface area contributed by atoms with E-state index in [1.54, 1.807) is 0 Å². The maximum atomic E-state index is 13.0. The Hall–Kier alpha value is -2.53. The van der Waals surface area contributed by atoms with Gasteiger partial charge in [0.05, 0.1) is 16.8 Å². The van der Waals surface area contributed by atoms with Crippen LogP contribution in [0.1, 0.15) is 36.2 Å². The highest BCUT2D eigenvalue weighted by Crippen LogP contribution is 2.31. The predicted molar refractivity (Wildman–Crippen MR) is 102 cm³/mol. The molecule has 1 saturated heterocycles. The van der Waals surface area contributed by atoms with E-state index in [1.807, 2.05) is 0 Å². The van der Waals surface area contributed by atoms with Crippen LogP contribution in [0.25, 0.3) is 0 Å². The summed E-state index contributed by atoms with van der Waals surface area (Å²) in [6.07, 6.45) is -0.0150. The topological polar surface area (TPSA) is 88.9 Å². The zero-order chi connectivity index (χ0) is 21.8. The zero-order valence-electron chi connectivity index (χ0n) is 15.9. The first-order valence-electron chi connectivity index (χ1n) is 9.35. The van der Waals surface area contributed by atoms with E-state index in [4.69, 9.17) is 9.15 Å². The molecule has 2 heterocycles. The lowest BCUT2D eigenvalue weighted by Crippen LogP contribution is -2.32. The van der Waals surface area contributed by atoms with Crippen LogP contribution in [0.15, 0.2) is 45.9 Å². The number of carbonyl (C=O) groups is 1. The molecule has 1 fully saturated rings. The number of furan rings is 1. The highest BCUT2D eigenvalue weighted by Gasteiger charge is 2.30. The Balaban J connectivity index is 1.92. The van der Waals surface area contributed by atoms with Crippen LogP contribution in [0.4, 0.5) is 18.9 Å². The molecule has 1 amide bonds. The van der Waals surface area contributed by atoms with Crippen LogP contribution in [-0.2, 0) is 10.0 Å². The molecule has 0 bridgehead atoms. The fourth-order valence-corrected chi connectivity index (χ4v) is 4.62. The summed E-state index contributed by atoms with van der Waals surface area (Å²) in [5.41, 5.74) is -0.198. The lowest BCUT2D eigenvalue weighted by atomic mass is 10.2. The molecule has 3 rings (SSSR count). The number of ether oxygens (including phenoxy) is 1. The second kappa shape index (κ2) is 9.09. The molecule has 1 aliphatic rings. The first-order valence-corrected chi connectivity index (χ1v) is 10.8. The van der Waals surface area contributed by atoms with Gasteiger partial charge in [-0.15, -0.1) is 0 Å². The average molecular weight is 446 g/mol. The summed E-state index contributed by atoms with van der Waals surface area (Å²) in [6, 6.07) is 6.22. The zero-order valence-corrected chi connectivity index (χ0v) is 16.8. The van der Waals surface area contributed by atoms with Gasteiger partial charge >= 0.3 is 6.18 Å². The molecular weight excluding hydrogens is 425 g/mol. The van der Waals surface area contributed by atoms with E-state index in [1.165, 1.54) is 28.8 Å². The van der Waals surface area contributed by atoms with Crippen LogP contribution in [-0.4, -0.2) is 44.5 Å². The summed E-state index contributed by atoms with van der Waals surface area (Å²) in [4.78, 5) is 12.2. The number of alkyl halides is 3. The number of anilines is 1. The second-order valence-corrected chi connectivity index (χ2v) is 8.75. The Morgan fingerprint density at radius 1 is 1.13 bits per heavy atom. The normalized spacial score (nSPS) is 16.1. The second-order valence-electron chi connectivity index (χ2n) is 6.81. The lowest BCUT2D eigenvalue weighted by Gasteiger charge is -2.21. The number of amides is 1. The standard InChI is InChI=1S/C19H21F3N2O5S/c20-19(21,22)13-29-16-8-7-14(30(26,27)24-9-3-1-2-4-10-24)12-15(16)23-18(25)17-6-5-11-28-17/h5-8,11-12H,1-4,9-10,13H2,(H,23,25). The fourth-order valence-electron chi connectivity index (χ4n) is 3.08. The van der Waals surface area contributed by atoms with Crippen LogP contribution < -0.4 is 10.1 Å². The number of carbonyl (C=O) groups excluding carboxylic acids is 1. The molecule has 2 aromatic rings. The van der Waals surface area contributed by atoms with Gasteiger partial charge < -0.3 is 14.5 Å². The van der Waals surface area contributed by atoms with E-state index in [-0.39, 0.29) is 22.1 Å². The SMILES string of the molecule is O=C(Nc1cc(S(=O)(=O)N2CCCCCC2)ccc1OCC(F)(F)F)c1ccco1. The predicted octanol–water partition coefficient (Wildman–Crippen LogP) is 4.04. The van der Waals surface area contributed by atoms with Gasteiger partial charge in [0.1, 0.15) is 5.75 Å². The molecule has 0 spiro atoms. The Morgan fingerprint density at radius 2 is 1.83 bits per heavy atom. The third-order valence-electron chi connectivity index (χ3n) is 4.54. The van der Waals surface area contributed by atoms with Crippen molar-refractivity contribution in [3.05, 3.63) is 42.4 Å². The minimum absolute atomic E-state index is 0.0856. The van der Waals surface area contributed by atoms with Crippen molar-refractivity contribution in [2.24, 2.45) is 0 Å². The molecule has 1 aromatic carbocycles. The quantitative estimate of drug-likeness (QED) is 0.724. The fraction of sp³-hybridized carbons (Fsp3) is 0.421. The van der Waals surface area contributed by atoms with Crippen molar-refractivity contribution < 1.29 is 35.5 Å². The van der Waals surface area contributed by atoms with Gasteiger partial charge in [-0.25, -0.2) is 8.42 Å².